The molecule has 11 heavy (non-hydrogen) atoms. The van der Waals surface area contributed by atoms with Gasteiger partial charge in [0.15, 0.2) is 0 Å². The molecule has 0 unspecified atom stereocenters. The molecule has 0 rings (SSSR count). The molecule has 0 saturated carbocycles. The van der Waals surface area contributed by atoms with E-state index in [1.165, 1.54) is 11.1 Å². The van der Waals surface area contributed by atoms with Crippen LogP contribution in [0.1, 0.15) is 34.1 Å². The second-order valence-electron chi connectivity index (χ2n) is 3.06. The lowest BCUT2D eigenvalue weighted by atomic mass is 10.1. The van der Waals surface area contributed by atoms with E-state index in [0.717, 1.165) is 12.0 Å². The van der Waals surface area contributed by atoms with Gasteiger partial charge < -0.3 is 0 Å². The Morgan fingerprint density at radius 3 is 2.00 bits per heavy atom. The maximum absolute atomic E-state index is 3.81. The monoisotopic (exact) mass is 150 g/mol. The molecule has 0 aromatic carbocycles. The van der Waals surface area contributed by atoms with Crippen LogP contribution in [0.25, 0.3) is 0 Å². The Labute approximate surface area is 70.3 Å². The Kier molecular flexibility index (Phi) is 4.60. The van der Waals surface area contributed by atoms with Crippen molar-refractivity contribution in [2.24, 2.45) is 0 Å². The van der Waals surface area contributed by atoms with Crippen LogP contribution in [0.2, 0.25) is 0 Å². The van der Waals surface area contributed by atoms with E-state index in [4.69, 9.17) is 0 Å². The largest absolute Gasteiger partial charge is 0.0961 e. The summed E-state index contributed by atoms with van der Waals surface area (Å²) in [4.78, 5) is 0. The predicted molar refractivity (Wildman–Crippen MR) is 52.6 cm³/mol. The highest BCUT2D eigenvalue weighted by Crippen LogP contribution is 2.09. The number of allylic oxidation sites excluding steroid dienone is 5. The van der Waals surface area contributed by atoms with Crippen molar-refractivity contribution in [1.29, 1.82) is 0 Å². The zero-order valence-corrected chi connectivity index (χ0v) is 8.07. The molecule has 0 spiro atoms. The zero-order chi connectivity index (χ0) is 8.85. The summed E-state index contributed by atoms with van der Waals surface area (Å²) in [6, 6.07) is 0. The van der Waals surface area contributed by atoms with Gasteiger partial charge in [-0.15, -0.1) is 0 Å². The van der Waals surface area contributed by atoms with Crippen LogP contribution in [0.5, 0.6) is 0 Å². The topological polar surface area (TPSA) is 0 Å². The Hall–Kier alpha value is -0.780. The second kappa shape index (κ2) is 4.95. The molecule has 0 heteroatoms. The maximum atomic E-state index is 3.81. The molecular weight excluding hydrogens is 132 g/mol. The van der Waals surface area contributed by atoms with Crippen molar-refractivity contribution in [3.63, 3.8) is 0 Å². The SMILES string of the molecule is C=C(C)C=CC(CC)=C(C)C. The van der Waals surface area contributed by atoms with Gasteiger partial charge in [0.2, 0.25) is 0 Å². The summed E-state index contributed by atoms with van der Waals surface area (Å²) in [5, 5.41) is 0. The molecular formula is C11H18. The summed E-state index contributed by atoms with van der Waals surface area (Å²) in [5.74, 6) is 0. The highest BCUT2D eigenvalue weighted by Gasteiger charge is 1.89. The number of hydrogen-bond donors (Lipinski definition) is 0. The summed E-state index contributed by atoms with van der Waals surface area (Å²) >= 11 is 0. The molecule has 0 radical (unpaired) electrons. The van der Waals surface area contributed by atoms with Crippen molar-refractivity contribution in [2.75, 3.05) is 0 Å². The molecule has 0 amide bonds. The third-order valence-corrected chi connectivity index (χ3v) is 1.59. The van der Waals surface area contributed by atoms with Gasteiger partial charge in [0, 0.05) is 0 Å². The fourth-order valence-corrected chi connectivity index (χ4v) is 0.881. The van der Waals surface area contributed by atoms with E-state index >= 15 is 0 Å². The van der Waals surface area contributed by atoms with Crippen molar-refractivity contribution in [3.05, 3.63) is 35.5 Å². The smallest absolute Gasteiger partial charge is 0.0308 e. The molecule has 0 aliphatic rings. The Morgan fingerprint density at radius 2 is 1.73 bits per heavy atom. The minimum atomic E-state index is 1.10. The van der Waals surface area contributed by atoms with E-state index in [1.54, 1.807) is 0 Å². The van der Waals surface area contributed by atoms with Gasteiger partial charge in [-0.2, -0.15) is 0 Å². The molecule has 0 aliphatic heterocycles. The first-order valence-electron chi connectivity index (χ1n) is 4.07. The van der Waals surface area contributed by atoms with Gasteiger partial charge in [0.1, 0.15) is 0 Å². The Bertz CT molecular complexity index is 188. The number of rotatable bonds is 3. The van der Waals surface area contributed by atoms with E-state index in [-0.39, 0.29) is 0 Å². The molecule has 0 atom stereocenters. The van der Waals surface area contributed by atoms with Crippen molar-refractivity contribution in [1.82, 2.24) is 0 Å². The first kappa shape index (κ1) is 10.2. The summed E-state index contributed by atoms with van der Waals surface area (Å²) in [6.07, 6.45) is 5.32. The maximum Gasteiger partial charge on any atom is -0.0308 e. The molecule has 0 nitrogen and oxygen atoms in total. The van der Waals surface area contributed by atoms with Gasteiger partial charge in [-0.3, -0.25) is 0 Å². The average Bonchev–Trinajstić information content (AvgIpc) is 1.87. The number of hydrogen-bond acceptors (Lipinski definition) is 0. The Balaban J connectivity index is 4.33. The van der Waals surface area contributed by atoms with Crippen molar-refractivity contribution in [3.8, 4) is 0 Å². The molecule has 0 N–H and O–H groups in total. The van der Waals surface area contributed by atoms with Gasteiger partial charge >= 0.3 is 0 Å². The zero-order valence-electron chi connectivity index (χ0n) is 8.07. The van der Waals surface area contributed by atoms with Crippen LogP contribution in [0.15, 0.2) is 35.5 Å². The van der Waals surface area contributed by atoms with E-state index in [1.807, 2.05) is 6.92 Å². The summed E-state index contributed by atoms with van der Waals surface area (Å²) in [6.45, 7) is 12.3. The lowest BCUT2D eigenvalue weighted by Gasteiger charge is -1.99. The molecule has 0 bridgehead atoms. The highest BCUT2D eigenvalue weighted by molar-refractivity contribution is 5.27. The van der Waals surface area contributed by atoms with Crippen LogP contribution in [0, 0.1) is 0 Å². The standard InChI is InChI=1S/C11H18/c1-6-11(10(4)5)8-7-9(2)3/h7-8H,2,6H2,1,3-5H3. The summed E-state index contributed by atoms with van der Waals surface area (Å²) < 4.78 is 0. The third kappa shape index (κ3) is 4.60. The van der Waals surface area contributed by atoms with Crippen LogP contribution < -0.4 is 0 Å². The molecule has 0 heterocycles. The highest BCUT2D eigenvalue weighted by atomic mass is 14.0. The van der Waals surface area contributed by atoms with Gasteiger partial charge in [-0.1, -0.05) is 36.8 Å². The molecule has 62 valence electrons. The van der Waals surface area contributed by atoms with Crippen LogP contribution in [0.4, 0.5) is 0 Å². The minimum Gasteiger partial charge on any atom is -0.0961 e. The van der Waals surface area contributed by atoms with E-state index in [9.17, 15) is 0 Å². The Morgan fingerprint density at radius 1 is 1.18 bits per heavy atom. The molecule has 0 aromatic rings. The minimum absolute atomic E-state index is 1.10. The van der Waals surface area contributed by atoms with Crippen LogP contribution >= 0.6 is 0 Å². The average molecular weight is 150 g/mol. The van der Waals surface area contributed by atoms with E-state index < -0.39 is 0 Å². The van der Waals surface area contributed by atoms with Crippen LogP contribution in [0.3, 0.4) is 0 Å². The third-order valence-electron chi connectivity index (χ3n) is 1.59. The normalized spacial score (nSPS) is 10.2. The van der Waals surface area contributed by atoms with Gasteiger partial charge in [0.25, 0.3) is 0 Å². The van der Waals surface area contributed by atoms with Gasteiger partial charge in [-0.25, -0.2) is 0 Å². The molecule has 0 fully saturated rings. The van der Waals surface area contributed by atoms with Crippen molar-refractivity contribution < 1.29 is 0 Å². The first-order valence-corrected chi connectivity index (χ1v) is 4.07. The van der Waals surface area contributed by atoms with Gasteiger partial charge in [-0.05, 0) is 32.8 Å². The molecule has 0 aliphatic carbocycles. The van der Waals surface area contributed by atoms with Crippen molar-refractivity contribution in [2.45, 2.75) is 34.1 Å². The summed E-state index contributed by atoms with van der Waals surface area (Å²) in [7, 11) is 0. The fraction of sp³-hybridized carbons (Fsp3) is 0.455. The molecule has 0 aromatic heterocycles. The summed E-state index contributed by atoms with van der Waals surface area (Å²) in [5.41, 5.74) is 3.91. The lowest BCUT2D eigenvalue weighted by Crippen LogP contribution is -1.78. The second-order valence-corrected chi connectivity index (χ2v) is 3.06. The van der Waals surface area contributed by atoms with Crippen molar-refractivity contribution >= 4 is 0 Å². The van der Waals surface area contributed by atoms with Gasteiger partial charge in [0.05, 0.1) is 0 Å². The molecule has 0 saturated heterocycles. The van der Waals surface area contributed by atoms with E-state index in [0.29, 0.717) is 0 Å². The fourth-order valence-electron chi connectivity index (χ4n) is 0.881. The predicted octanol–water partition coefficient (Wildman–Crippen LogP) is 3.87. The quantitative estimate of drug-likeness (QED) is 0.536. The first-order chi connectivity index (χ1) is 5.07. The van der Waals surface area contributed by atoms with E-state index in [2.05, 4.69) is 39.5 Å². The van der Waals surface area contributed by atoms with Crippen LogP contribution in [-0.4, -0.2) is 0 Å². The lowest BCUT2D eigenvalue weighted by molar-refractivity contribution is 1.10. The van der Waals surface area contributed by atoms with Crippen LogP contribution in [-0.2, 0) is 0 Å².